The number of anilines is 1. The third-order valence-electron chi connectivity index (χ3n) is 14.2. The Balaban J connectivity index is 1.18. The molecule has 7 heteroatoms. The molecule has 2 spiro atoms. The van der Waals surface area contributed by atoms with E-state index >= 15 is 0 Å². The fourth-order valence-electron chi connectivity index (χ4n) is 11.6. The maximum absolute atomic E-state index is 14.7. The van der Waals surface area contributed by atoms with Crippen LogP contribution in [0, 0.1) is 33.5 Å². The molecule has 254 valence electrons. The SMILES string of the molecule is C[C@]12CC[C@H]3[C@]4(C=C[C@@]5(C=C4C(=O)c4ccccc4)CC(O)CC[C@]35C)[C@@H]1CC[C@@]2(O)CN(C[C@H]1CCCO1)C(=O)Nc1ccccc1. The molecule has 0 aromatic heterocycles. The van der Waals surface area contributed by atoms with Crippen molar-refractivity contribution in [2.75, 3.05) is 25.0 Å². The molecule has 7 aliphatic rings. The van der Waals surface area contributed by atoms with Crippen molar-refractivity contribution in [2.24, 2.45) is 33.5 Å². The number of ether oxygens (including phenoxy) is 1. The van der Waals surface area contributed by atoms with Gasteiger partial charge in [0.1, 0.15) is 0 Å². The molecule has 9 atom stereocenters. The lowest BCUT2D eigenvalue weighted by atomic mass is 9.32. The van der Waals surface area contributed by atoms with E-state index in [4.69, 9.17) is 4.74 Å². The summed E-state index contributed by atoms with van der Waals surface area (Å²) < 4.78 is 6.00. The Kier molecular flexibility index (Phi) is 7.59. The van der Waals surface area contributed by atoms with Crippen LogP contribution in [-0.4, -0.2) is 64.4 Å². The van der Waals surface area contributed by atoms with Gasteiger partial charge in [-0.3, -0.25) is 4.79 Å². The van der Waals surface area contributed by atoms with Crippen molar-refractivity contribution in [3.63, 3.8) is 0 Å². The van der Waals surface area contributed by atoms with E-state index in [1.165, 1.54) is 0 Å². The van der Waals surface area contributed by atoms with Crippen molar-refractivity contribution in [3.05, 3.63) is 90.0 Å². The van der Waals surface area contributed by atoms with Gasteiger partial charge in [0.2, 0.25) is 0 Å². The minimum Gasteiger partial charge on any atom is -0.393 e. The van der Waals surface area contributed by atoms with Gasteiger partial charge >= 0.3 is 6.03 Å². The topological polar surface area (TPSA) is 99.1 Å². The van der Waals surface area contributed by atoms with Crippen molar-refractivity contribution in [1.82, 2.24) is 4.90 Å². The Bertz CT molecular complexity index is 1640. The first-order chi connectivity index (χ1) is 23.0. The van der Waals surface area contributed by atoms with E-state index in [0.29, 0.717) is 31.6 Å². The standard InChI is InChI=1S/C41H50N2O5/c1-37-18-15-30(44)24-39(37)21-22-41(32(25-39)35(45)28-10-5-3-6-11-28)33(37)16-19-38(2)34(41)17-20-40(38,47)27-43(26-31-14-9-23-48-31)36(46)42-29-12-7-4-8-13-29/h3-8,10-13,21-22,25,30-31,33-34,44,47H,9,14-20,23-24,26-27H2,1-2H3,(H,42,46)/t30?,31-,33-,34-,37-,38+,39+,40-,41-/m1/s1. The van der Waals surface area contributed by atoms with Crippen molar-refractivity contribution in [2.45, 2.75) is 89.4 Å². The van der Waals surface area contributed by atoms with Gasteiger partial charge in [-0.1, -0.05) is 80.6 Å². The lowest BCUT2D eigenvalue weighted by Gasteiger charge is -2.71. The van der Waals surface area contributed by atoms with Crippen LogP contribution < -0.4 is 5.32 Å². The minimum absolute atomic E-state index is 0.0210. The molecule has 0 radical (unpaired) electrons. The third kappa shape index (κ3) is 4.56. The number of para-hydroxylation sites is 1. The quantitative estimate of drug-likeness (QED) is 0.218. The number of ketones is 1. The van der Waals surface area contributed by atoms with Gasteiger partial charge in [-0.05, 0) is 87.2 Å². The van der Waals surface area contributed by atoms with Crippen LogP contribution in [0.15, 0.2) is 84.5 Å². The molecule has 7 nitrogen and oxygen atoms in total. The second-order valence-corrected chi connectivity index (χ2v) is 16.3. The van der Waals surface area contributed by atoms with Crippen LogP contribution in [0.2, 0.25) is 0 Å². The summed E-state index contributed by atoms with van der Waals surface area (Å²) in [5.74, 6) is 0.306. The van der Waals surface area contributed by atoms with Crippen molar-refractivity contribution in [1.29, 1.82) is 0 Å². The first kappa shape index (κ1) is 32.0. The molecule has 9 rings (SSSR count). The predicted octanol–water partition coefficient (Wildman–Crippen LogP) is 7.17. The molecule has 2 aromatic carbocycles. The van der Waals surface area contributed by atoms with Crippen LogP contribution in [0.1, 0.15) is 82.0 Å². The Hall–Kier alpha value is -3.26. The number of fused-ring (bicyclic) bond motifs is 1. The Labute approximate surface area is 284 Å². The molecule has 1 unspecified atom stereocenters. The van der Waals surface area contributed by atoms with Crippen LogP contribution in [0.3, 0.4) is 0 Å². The number of aliphatic hydroxyl groups is 2. The molecule has 1 aliphatic heterocycles. The number of aliphatic hydroxyl groups excluding tert-OH is 1. The molecule has 2 aromatic rings. The van der Waals surface area contributed by atoms with Crippen LogP contribution in [0.25, 0.3) is 0 Å². The number of benzene rings is 2. The van der Waals surface area contributed by atoms with Gasteiger partial charge in [0.25, 0.3) is 0 Å². The molecule has 4 fully saturated rings. The number of hydrogen-bond donors (Lipinski definition) is 3. The van der Waals surface area contributed by atoms with Crippen LogP contribution in [0.5, 0.6) is 0 Å². The number of carbonyl (C=O) groups excluding carboxylic acids is 2. The molecule has 2 bridgehead atoms. The lowest BCUT2D eigenvalue weighted by molar-refractivity contribution is -0.175. The molecular weight excluding hydrogens is 600 g/mol. The third-order valence-corrected chi connectivity index (χ3v) is 14.2. The zero-order chi connectivity index (χ0) is 33.4. The van der Waals surface area contributed by atoms with E-state index in [2.05, 4.69) is 37.4 Å². The number of rotatable bonds is 7. The van der Waals surface area contributed by atoms with Crippen LogP contribution in [0.4, 0.5) is 10.5 Å². The molecule has 2 amide bonds. The smallest absolute Gasteiger partial charge is 0.322 e. The normalized spacial score (nSPS) is 40.8. The van der Waals surface area contributed by atoms with E-state index in [-0.39, 0.29) is 53.2 Å². The van der Waals surface area contributed by atoms with E-state index in [9.17, 15) is 19.8 Å². The summed E-state index contributed by atoms with van der Waals surface area (Å²) in [7, 11) is 0. The van der Waals surface area contributed by atoms with Crippen LogP contribution in [-0.2, 0) is 4.74 Å². The zero-order valence-electron chi connectivity index (χ0n) is 28.4. The number of allylic oxidation sites excluding steroid dienone is 4. The highest BCUT2D eigenvalue weighted by atomic mass is 16.5. The average molecular weight is 651 g/mol. The first-order valence-corrected chi connectivity index (χ1v) is 18.2. The van der Waals surface area contributed by atoms with E-state index in [1.54, 1.807) is 4.90 Å². The summed E-state index contributed by atoms with van der Waals surface area (Å²) in [6.07, 6.45) is 13.8. The van der Waals surface area contributed by atoms with Gasteiger partial charge < -0.3 is 25.2 Å². The van der Waals surface area contributed by atoms with Gasteiger partial charge in [0.05, 0.1) is 24.4 Å². The molecule has 6 aliphatic carbocycles. The van der Waals surface area contributed by atoms with Crippen molar-refractivity contribution in [3.8, 4) is 0 Å². The number of hydrogen-bond acceptors (Lipinski definition) is 5. The van der Waals surface area contributed by atoms with E-state index < -0.39 is 16.4 Å². The van der Waals surface area contributed by atoms with Gasteiger partial charge in [0, 0.05) is 46.2 Å². The highest BCUT2D eigenvalue weighted by Crippen LogP contribution is 2.78. The zero-order valence-corrected chi connectivity index (χ0v) is 28.4. The fourth-order valence-corrected chi connectivity index (χ4v) is 11.6. The summed E-state index contributed by atoms with van der Waals surface area (Å²) in [4.78, 5) is 30.4. The summed E-state index contributed by atoms with van der Waals surface area (Å²) in [6.45, 7) is 5.97. The molecule has 1 saturated heterocycles. The van der Waals surface area contributed by atoms with E-state index in [1.807, 2.05) is 60.7 Å². The molecular formula is C41H50N2O5. The van der Waals surface area contributed by atoms with Crippen LogP contribution >= 0.6 is 0 Å². The summed E-state index contributed by atoms with van der Waals surface area (Å²) >= 11 is 0. The minimum atomic E-state index is -1.14. The van der Waals surface area contributed by atoms with E-state index in [0.717, 1.165) is 56.2 Å². The highest BCUT2D eigenvalue weighted by Gasteiger charge is 2.74. The summed E-state index contributed by atoms with van der Waals surface area (Å²) in [5.41, 5.74) is -0.409. The summed E-state index contributed by atoms with van der Waals surface area (Å²) in [5, 5.41) is 27.0. The predicted molar refractivity (Wildman–Crippen MR) is 185 cm³/mol. The number of nitrogens with zero attached hydrogens (tertiary/aromatic N) is 1. The molecule has 3 N–H and O–H groups in total. The van der Waals surface area contributed by atoms with Gasteiger partial charge in [-0.25, -0.2) is 4.79 Å². The second-order valence-electron chi connectivity index (χ2n) is 16.3. The Morgan fingerprint density at radius 2 is 1.58 bits per heavy atom. The second kappa shape index (κ2) is 11.4. The van der Waals surface area contributed by atoms with Gasteiger partial charge in [-0.2, -0.15) is 0 Å². The lowest BCUT2D eigenvalue weighted by Crippen LogP contribution is -2.67. The fraction of sp³-hybridized carbons (Fsp3) is 0.561. The average Bonchev–Trinajstić information content (AvgIpc) is 3.70. The largest absolute Gasteiger partial charge is 0.393 e. The Morgan fingerprint density at radius 3 is 2.31 bits per heavy atom. The van der Waals surface area contributed by atoms with Gasteiger partial charge in [0.15, 0.2) is 5.78 Å². The molecule has 3 saturated carbocycles. The first-order valence-electron chi connectivity index (χ1n) is 18.2. The number of carbonyl (C=O) groups is 2. The Morgan fingerprint density at radius 1 is 0.896 bits per heavy atom. The van der Waals surface area contributed by atoms with Crippen molar-refractivity contribution >= 4 is 17.5 Å². The maximum atomic E-state index is 14.7. The molecule has 48 heavy (non-hydrogen) atoms. The van der Waals surface area contributed by atoms with Gasteiger partial charge in [-0.15, -0.1) is 0 Å². The highest BCUT2D eigenvalue weighted by molar-refractivity contribution is 6.10. The summed E-state index contributed by atoms with van der Waals surface area (Å²) in [6, 6.07) is 18.9. The number of Topliss-reactive ketones (excluding diaryl/α,β-unsaturated/α-hetero) is 1. The number of nitrogens with one attached hydrogen (secondary N) is 1. The number of amides is 2. The number of urea groups is 1. The maximum Gasteiger partial charge on any atom is 0.322 e. The molecule has 1 heterocycles. The monoisotopic (exact) mass is 650 g/mol. The van der Waals surface area contributed by atoms with Crippen molar-refractivity contribution < 1.29 is 24.5 Å².